The number of amides is 1. The molecule has 3 N–H and O–H groups in total. The quantitative estimate of drug-likeness (QED) is 0.514. The molecule has 2 rings (SSSR count). The minimum Gasteiger partial charge on any atom is -0.384 e. The molecule has 2 aliphatic rings. The largest absolute Gasteiger partial charge is 0.384 e. The summed E-state index contributed by atoms with van der Waals surface area (Å²) < 4.78 is 0. The van der Waals surface area contributed by atoms with Crippen molar-refractivity contribution in [1.29, 1.82) is 0 Å². The van der Waals surface area contributed by atoms with Gasteiger partial charge in [-0.3, -0.25) is 4.79 Å². The molecule has 4 heteroatoms. The highest BCUT2D eigenvalue weighted by Gasteiger charge is 2.29. The van der Waals surface area contributed by atoms with Crippen LogP contribution in [0.25, 0.3) is 0 Å². The van der Waals surface area contributed by atoms with Crippen molar-refractivity contribution < 1.29 is 4.79 Å². The molecule has 0 aromatic heterocycles. The Bertz CT molecular complexity index is 338. The fraction of sp³-hybridized carbons (Fsp3) is 0.250. The predicted molar refractivity (Wildman–Crippen MR) is 45.4 cm³/mol. The topological polar surface area (TPSA) is 67.5 Å². The van der Waals surface area contributed by atoms with E-state index in [1.807, 2.05) is 13.1 Å². The van der Waals surface area contributed by atoms with Crippen LogP contribution in [0.5, 0.6) is 0 Å². The molecule has 0 aromatic rings. The molecule has 0 spiro atoms. The number of amidine groups is 1. The fourth-order valence-corrected chi connectivity index (χ4v) is 1.39. The second-order valence-corrected chi connectivity index (χ2v) is 2.90. The van der Waals surface area contributed by atoms with E-state index in [2.05, 4.69) is 10.3 Å². The van der Waals surface area contributed by atoms with E-state index in [4.69, 9.17) is 5.73 Å². The molecule has 12 heavy (non-hydrogen) atoms. The number of hydrogen-bond donors (Lipinski definition) is 2. The van der Waals surface area contributed by atoms with Crippen LogP contribution in [-0.4, -0.2) is 17.8 Å². The van der Waals surface area contributed by atoms with E-state index >= 15 is 0 Å². The molecule has 4 nitrogen and oxygen atoms in total. The van der Waals surface area contributed by atoms with Crippen molar-refractivity contribution in [2.75, 3.05) is 0 Å². The van der Waals surface area contributed by atoms with Crippen molar-refractivity contribution in [3.05, 3.63) is 23.4 Å². The molecule has 0 fully saturated rings. The minimum absolute atomic E-state index is 0.210. The van der Waals surface area contributed by atoms with Gasteiger partial charge in [0.25, 0.3) is 5.91 Å². The van der Waals surface area contributed by atoms with Crippen LogP contribution in [0, 0.1) is 0 Å². The van der Waals surface area contributed by atoms with Gasteiger partial charge in [0.05, 0.1) is 0 Å². The van der Waals surface area contributed by atoms with Crippen LogP contribution in [0.4, 0.5) is 0 Å². The van der Waals surface area contributed by atoms with E-state index in [9.17, 15) is 4.79 Å². The SMILES string of the molecule is CC1=CNC2C(=O)N=C(N)C=C12. The Hall–Kier alpha value is -1.58. The van der Waals surface area contributed by atoms with Gasteiger partial charge in [-0.05, 0) is 24.1 Å². The molecular formula is C8H9N3O. The second kappa shape index (κ2) is 2.20. The van der Waals surface area contributed by atoms with Crippen molar-refractivity contribution in [2.45, 2.75) is 13.0 Å². The van der Waals surface area contributed by atoms with Crippen LogP contribution < -0.4 is 11.1 Å². The van der Waals surface area contributed by atoms with Gasteiger partial charge in [-0.25, -0.2) is 0 Å². The summed E-state index contributed by atoms with van der Waals surface area (Å²) in [6.45, 7) is 1.94. The van der Waals surface area contributed by atoms with Gasteiger partial charge in [-0.1, -0.05) is 0 Å². The fourth-order valence-electron chi connectivity index (χ4n) is 1.39. The van der Waals surface area contributed by atoms with E-state index in [1.54, 1.807) is 6.08 Å². The van der Waals surface area contributed by atoms with E-state index in [0.29, 0.717) is 5.84 Å². The Labute approximate surface area is 69.8 Å². The summed E-state index contributed by atoms with van der Waals surface area (Å²) in [4.78, 5) is 14.9. The normalized spacial score (nSPS) is 26.9. The smallest absolute Gasteiger partial charge is 0.274 e. The number of rotatable bonds is 0. The average Bonchev–Trinajstić information content (AvgIpc) is 2.33. The Morgan fingerprint density at radius 2 is 2.42 bits per heavy atom. The summed E-state index contributed by atoms with van der Waals surface area (Å²) in [6.07, 6.45) is 3.54. The minimum atomic E-state index is -0.294. The van der Waals surface area contributed by atoms with Crippen LogP contribution >= 0.6 is 0 Å². The average molecular weight is 163 g/mol. The molecule has 1 atom stereocenters. The molecule has 62 valence electrons. The summed E-state index contributed by atoms with van der Waals surface area (Å²) in [5.41, 5.74) is 7.43. The van der Waals surface area contributed by atoms with Gasteiger partial charge in [0, 0.05) is 6.20 Å². The highest BCUT2D eigenvalue weighted by Crippen LogP contribution is 2.22. The summed E-state index contributed by atoms with van der Waals surface area (Å²) in [6, 6.07) is -0.294. The van der Waals surface area contributed by atoms with Crippen LogP contribution in [-0.2, 0) is 4.79 Å². The molecule has 0 aromatic carbocycles. The van der Waals surface area contributed by atoms with E-state index < -0.39 is 0 Å². The molecule has 0 radical (unpaired) electrons. The first kappa shape index (κ1) is 7.09. The third kappa shape index (κ3) is 0.845. The van der Waals surface area contributed by atoms with Crippen molar-refractivity contribution in [1.82, 2.24) is 5.32 Å². The first-order valence-corrected chi connectivity index (χ1v) is 3.71. The molecule has 2 aliphatic heterocycles. The van der Waals surface area contributed by atoms with Crippen molar-refractivity contribution in [3.63, 3.8) is 0 Å². The molecular weight excluding hydrogens is 154 g/mol. The van der Waals surface area contributed by atoms with Gasteiger partial charge >= 0.3 is 0 Å². The van der Waals surface area contributed by atoms with Gasteiger partial charge in [-0.15, -0.1) is 0 Å². The number of carbonyl (C=O) groups excluding carboxylic acids is 1. The van der Waals surface area contributed by atoms with Crippen LogP contribution in [0.2, 0.25) is 0 Å². The van der Waals surface area contributed by atoms with Crippen molar-refractivity contribution >= 4 is 11.7 Å². The third-order valence-corrected chi connectivity index (χ3v) is 2.02. The van der Waals surface area contributed by atoms with E-state index in [-0.39, 0.29) is 11.9 Å². The Balaban J connectivity index is 2.45. The standard InChI is InChI=1S/C8H9N3O/c1-4-3-10-7-5(4)2-6(9)11-8(7)12/h2-3,7,10H,1H3,(H2,9,11,12). The van der Waals surface area contributed by atoms with Crippen molar-refractivity contribution in [3.8, 4) is 0 Å². The highest BCUT2D eigenvalue weighted by atomic mass is 16.1. The summed E-state index contributed by atoms with van der Waals surface area (Å²) in [5, 5.41) is 2.94. The van der Waals surface area contributed by atoms with Gasteiger partial charge in [0.1, 0.15) is 11.9 Å². The number of nitrogens with zero attached hydrogens (tertiary/aromatic N) is 1. The summed E-state index contributed by atoms with van der Waals surface area (Å²) >= 11 is 0. The molecule has 2 heterocycles. The number of fused-ring (bicyclic) bond motifs is 1. The maximum Gasteiger partial charge on any atom is 0.274 e. The molecule has 1 amide bonds. The lowest BCUT2D eigenvalue weighted by Crippen LogP contribution is -2.35. The Morgan fingerprint density at radius 1 is 1.67 bits per heavy atom. The zero-order valence-corrected chi connectivity index (χ0v) is 6.66. The molecule has 0 bridgehead atoms. The second-order valence-electron chi connectivity index (χ2n) is 2.90. The number of aliphatic imine (C=N–C) groups is 1. The Kier molecular flexibility index (Phi) is 1.30. The lowest BCUT2D eigenvalue weighted by Gasteiger charge is -2.14. The maximum absolute atomic E-state index is 11.2. The van der Waals surface area contributed by atoms with Gasteiger partial charge in [0.15, 0.2) is 0 Å². The number of dihydropyridines is 1. The molecule has 0 saturated heterocycles. The zero-order valence-electron chi connectivity index (χ0n) is 6.66. The van der Waals surface area contributed by atoms with E-state index in [0.717, 1.165) is 11.1 Å². The number of nitrogens with one attached hydrogen (secondary N) is 1. The van der Waals surface area contributed by atoms with Gasteiger partial charge in [0.2, 0.25) is 0 Å². The zero-order chi connectivity index (χ0) is 8.72. The highest BCUT2D eigenvalue weighted by molar-refractivity contribution is 6.07. The third-order valence-electron chi connectivity index (χ3n) is 2.02. The molecule has 1 unspecified atom stereocenters. The first-order valence-electron chi connectivity index (χ1n) is 3.71. The number of hydrogen-bond acceptors (Lipinski definition) is 3. The summed E-state index contributed by atoms with van der Waals surface area (Å²) in [7, 11) is 0. The predicted octanol–water partition coefficient (Wildman–Crippen LogP) is -0.314. The van der Waals surface area contributed by atoms with E-state index in [1.165, 1.54) is 0 Å². The number of nitrogens with two attached hydrogens (primary N) is 1. The van der Waals surface area contributed by atoms with Crippen LogP contribution in [0.1, 0.15) is 6.92 Å². The first-order chi connectivity index (χ1) is 5.68. The van der Waals surface area contributed by atoms with Gasteiger partial charge in [-0.2, -0.15) is 4.99 Å². The number of carbonyl (C=O) groups is 1. The van der Waals surface area contributed by atoms with Gasteiger partial charge < -0.3 is 11.1 Å². The lowest BCUT2D eigenvalue weighted by atomic mass is 10.0. The molecule has 0 aliphatic carbocycles. The van der Waals surface area contributed by atoms with Crippen LogP contribution in [0.3, 0.4) is 0 Å². The Morgan fingerprint density at radius 3 is 3.17 bits per heavy atom. The van der Waals surface area contributed by atoms with Crippen LogP contribution in [0.15, 0.2) is 28.4 Å². The monoisotopic (exact) mass is 163 g/mol. The summed E-state index contributed by atoms with van der Waals surface area (Å²) in [5.74, 6) is 0.0841. The van der Waals surface area contributed by atoms with Crippen molar-refractivity contribution in [2.24, 2.45) is 10.7 Å². The molecule has 0 saturated carbocycles. The maximum atomic E-state index is 11.2. The lowest BCUT2D eigenvalue weighted by molar-refractivity contribution is -0.118.